The van der Waals surface area contributed by atoms with Gasteiger partial charge in [0, 0.05) is 12.1 Å². The molecule has 1 aromatic carbocycles. The summed E-state index contributed by atoms with van der Waals surface area (Å²) in [5, 5.41) is 0. The van der Waals surface area contributed by atoms with Crippen LogP contribution in [0.15, 0.2) is 36.4 Å². The van der Waals surface area contributed by atoms with E-state index in [0.717, 1.165) is 31.0 Å². The minimum absolute atomic E-state index is 0.0152. The van der Waals surface area contributed by atoms with Gasteiger partial charge in [0.25, 0.3) is 0 Å². The predicted molar refractivity (Wildman–Crippen MR) is 78.3 cm³/mol. The van der Waals surface area contributed by atoms with E-state index in [4.69, 9.17) is 9.47 Å². The van der Waals surface area contributed by atoms with Gasteiger partial charge < -0.3 is 14.4 Å². The molecule has 3 heteroatoms. The first-order chi connectivity index (χ1) is 9.74. The Hall–Kier alpha value is -1.74. The van der Waals surface area contributed by atoms with Crippen molar-refractivity contribution in [1.29, 1.82) is 0 Å². The van der Waals surface area contributed by atoms with Crippen LogP contribution in [-0.2, 0) is 12.0 Å². The molecule has 0 unspecified atom stereocenters. The molecule has 0 aromatic heterocycles. The lowest BCUT2D eigenvalue weighted by Crippen LogP contribution is -2.37. The minimum atomic E-state index is -0.0152. The Bertz CT molecular complexity index is 620. The van der Waals surface area contributed by atoms with Gasteiger partial charge in [-0.2, -0.15) is 0 Å². The van der Waals surface area contributed by atoms with Crippen LogP contribution in [0.5, 0.6) is 11.5 Å². The Morgan fingerprint density at radius 2 is 2.25 bits per heavy atom. The van der Waals surface area contributed by atoms with E-state index < -0.39 is 0 Å². The van der Waals surface area contributed by atoms with Gasteiger partial charge in [0.1, 0.15) is 6.10 Å². The molecule has 0 fully saturated rings. The summed E-state index contributed by atoms with van der Waals surface area (Å²) in [5.41, 5.74) is 2.69. The van der Waals surface area contributed by atoms with Crippen LogP contribution in [0.4, 0.5) is 0 Å². The summed E-state index contributed by atoms with van der Waals surface area (Å²) in [6.07, 6.45) is 9.93. The summed E-state index contributed by atoms with van der Waals surface area (Å²) < 4.78 is 11.8. The first-order valence-electron chi connectivity index (χ1n) is 7.16. The summed E-state index contributed by atoms with van der Waals surface area (Å²) in [7, 11) is 3.90. The highest BCUT2D eigenvalue weighted by Crippen LogP contribution is 2.54. The quantitative estimate of drug-likeness (QED) is 0.782. The van der Waals surface area contributed by atoms with Gasteiger partial charge in [-0.05, 0) is 37.7 Å². The van der Waals surface area contributed by atoms with Crippen LogP contribution in [0.25, 0.3) is 0 Å². The molecule has 104 valence electrons. The number of nitrogens with zero attached hydrogens (tertiary/aromatic N) is 1. The van der Waals surface area contributed by atoms with E-state index in [2.05, 4.69) is 42.3 Å². The van der Waals surface area contributed by atoms with E-state index in [1.165, 1.54) is 11.1 Å². The number of methoxy groups -OCH3 is 1. The Balaban J connectivity index is 1.99. The molecule has 0 amide bonds. The van der Waals surface area contributed by atoms with Crippen molar-refractivity contribution in [1.82, 2.24) is 4.90 Å². The van der Waals surface area contributed by atoms with E-state index in [9.17, 15) is 0 Å². The van der Waals surface area contributed by atoms with Crippen molar-refractivity contribution in [2.24, 2.45) is 0 Å². The van der Waals surface area contributed by atoms with Gasteiger partial charge in [-0.15, -0.1) is 0 Å². The zero-order valence-corrected chi connectivity index (χ0v) is 11.9. The van der Waals surface area contributed by atoms with Gasteiger partial charge in [0.05, 0.1) is 12.5 Å². The maximum absolute atomic E-state index is 6.26. The molecule has 3 nitrogen and oxygen atoms in total. The van der Waals surface area contributed by atoms with Gasteiger partial charge in [0.2, 0.25) is 0 Å². The lowest BCUT2D eigenvalue weighted by Gasteiger charge is -2.31. The third-order valence-electron chi connectivity index (χ3n) is 4.78. The number of hydrogen-bond donors (Lipinski definition) is 0. The van der Waals surface area contributed by atoms with Crippen LogP contribution < -0.4 is 9.47 Å². The molecule has 3 aliphatic rings. The lowest BCUT2D eigenvalue weighted by atomic mass is 9.71. The predicted octanol–water partition coefficient (Wildman–Crippen LogP) is 2.66. The molecule has 2 atom stereocenters. The molecule has 2 aliphatic heterocycles. The Kier molecular flexibility index (Phi) is 2.48. The van der Waals surface area contributed by atoms with Gasteiger partial charge in [-0.1, -0.05) is 24.3 Å². The first-order valence-corrected chi connectivity index (χ1v) is 7.16. The molecule has 0 bridgehead atoms. The second-order valence-electron chi connectivity index (χ2n) is 5.94. The molecule has 0 saturated heterocycles. The Morgan fingerprint density at radius 3 is 3.10 bits per heavy atom. The molecule has 0 N–H and O–H groups in total. The van der Waals surface area contributed by atoms with Crippen molar-refractivity contribution >= 4 is 0 Å². The summed E-state index contributed by atoms with van der Waals surface area (Å²) in [4.78, 5) is 2.39. The fourth-order valence-electron chi connectivity index (χ4n) is 3.78. The molecule has 1 aliphatic carbocycles. The smallest absolute Gasteiger partial charge is 0.166 e. The third kappa shape index (κ3) is 1.44. The zero-order valence-electron chi connectivity index (χ0n) is 11.9. The van der Waals surface area contributed by atoms with Crippen LogP contribution in [0, 0.1) is 0 Å². The van der Waals surface area contributed by atoms with Crippen molar-refractivity contribution in [2.45, 2.75) is 24.5 Å². The van der Waals surface area contributed by atoms with Crippen molar-refractivity contribution < 1.29 is 9.47 Å². The summed E-state index contributed by atoms with van der Waals surface area (Å²) in [6, 6.07) is 4.23. The van der Waals surface area contributed by atoms with Crippen LogP contribution in [0.3, 0.4) is 0 Å². The van der Waals surface area contributed by atoms with Crippen LogP contribution in [-0.4, -0.2) is 31.7 Å². The lowest BCUT2D eigenvalue weighted by molar-refractivity contribution is 0.193. The average molecular weight is 269 g/mol. The number of benzene rings is 1. The number of rotatable bonds is 1. The first kappa shape index (κ1) is 12.0. The fourth-order valence-corrected chi connectivity index (χ4v) is 3.78. The Labute approximate surface area is 119 Å². The molecule has 20 heavy (non-hydrogen) atoms. The number of hydrogen-bond acceptors (Lipinski definition) is 3. The topological polar surface area (TPSA) is 21.7 Å². The molecule has 1 aromatic rings. The summed E-state index contributed by atoms with van der Waals surface area (Å²) in [5.74, 6) is 1.80. The number of allylic oxidation sites excluding steroid dienone is 2. The minimum Gasteiger partial charge on any atom is -0.493 e. The molecule has 0 saturated carbocycles. The van der Waals surface area contributed by atoms with E-state index in [1.807, 2.05) is 6.07 Å². The highest BCUT2D eigenvalue weighted by Gasteiger charge is 2.50. The monoisotopic (exact) mass is 269 g/mol. The number of ether oxygens (including phenoxy) is 2. The van der Waals surface area contributed by atoms with Crippen molar-refractivity contribution in [2.75, 3.05) is 20.7 Å². The van der Waals surface area contributed by atoms with Crippen LogP contribution in [0.1, 0.15) is 17.5 Å². The van der Waals surface area contributed by atoms with Gasteiger partial charge in [-0.3, -0.25) is 0 Å². The second kappa shape index (κ2) is 4.13. The van der Waals surface area contributed by atoms with Crippen molar-refractivity contribution in [3.8, 4) is 11.5 Å². The van der Waals surface area contributed by atoms with Crippen LogP contribution in [0.2, 0.25) is 0 Å². The van der Waals surface area contributed by atoms with Gasteiger partial charge in [0.15, 0.2) is 11.5 Å². The summed E-state index contributed by atoms with van der Waals surface area (Å²) in [6.45, 7) is 2.05. The Morgan fingerprint density at radius 1 is 1.35 bits per heavy atom. The third-order valence-corrected chi connectivity index (χ3v) is 4.78. The fraction of sp³-hybridized carbons (Fsp3) is 0.412. The second-order valence-corrected chi connectivity index (χ2v) is 5.94. The molecule has 4 rings (SSSR count). The van der Waals surface area contributed by atoms with Gasteiger partial charge in [-0.25, -0.2) is 0 Å². The standard InChI is InChI=1S/C17H19NO2/c1-18-10-9-17-8-4-3-5-14(17)20-16-13(19-2)7-6-12(11-18)15(16)17/h3-8,14H,9-11H2,1-2H3/t14-,17-/m0/s1. The SMILES string of the molecule is COc1ccc2c3c1O[C@H]1C=CC=C[C@@]31CCN(C)C2. The molecule has 1 spiro atoms. The molecular formula is C17H19NO2. The highest BCUT2D eigenvalue weighted by molar-refractivity contribution is 5.62. The van der Waals surface area contributed by atoms with E-state index in [0.29, 0.717) is 0 Å². The van der Waals surface area contributed by atoms with E-state index in [-0.39, 0.29) is 11.5 Å². The highest BCUT2D eigenvalue weighted by atomic mass is 16.5. The van der Waals surface area contributed by atoms with E-state index >= 15 is 0 Å². The van der Waals surface area contributed by atoms with Crippen molar-refractivity contribution in [3.05, 3.63) is 47.6 Å². The molecular weight excluding hydrogens is 250 g/mol. The zero-order chi connectivity index (χ0) is 13.7. The van der Waals surface area contributed by atoms with Gasteiger partial charge >= 0.3 is 0 Å². The molecule has 2 heterocycles. The van der Waals surface area contributed by atoms with Crippen LogP contribution >= 0.6 is 0 Å². The largest absolute Gasteiger partial charge is 0.493 e. The maximum Gasteiger partial charge on any atom is 0.166 e. The summed E-state index contributed by atoms with van der Waals surface area (Å²) >= 11 is 0. The average Bonchev–Trinajstić information content (AvgIpc) is 2.74. The van der Waals surface area contributed by atoms with E-state index in [1.54, 1.807) is 7.11 Å². The maximum atomic E-state index is 6.26. The normalized spacial score (nSPS) is 30.4. The van der Waals surface area contributed by atoms with Crippen molar-refractivity contribution in [3.63, 3.8) is 0 Å². The molecule has 0 radical (unpaired) electrons.